The molecule has 2 aliphatic carbocycles. The normalized spacial score (nSPS) is 22.1. The highest BCUT2D eigenvalue weighted by Crippen LogP contribution is 2.64. The van der Waals surface area contributed by atoms with Gasteiger partial charge in [-0.05, 0) is 48.4 Å². The Balaban J connectivity index is 0.000000186. The Kier molecular flexibility index (Phi) is 7.34. The van der Waals surface area contributed by atoms with Crippen molar-refractivity contribution < 1.29 is 33.1 Å². The summed E-state index contributed by atoms with van der Waals surface area (Å²) in [6, 6.07) is 21.9. The van der Waals surface area contributed by atoms with Gasteiger partial charge in [-0.15, -0.1) is 0 Å². The Labute approximate surface area is 219 Å². The van der Waals surface area contributed by atoms with Gasteiger partial charge < -0.3 is 19.9 Å². The molecular formula is C28H30O7S2. The highest BCUT2D eigenvalue weighted by Gasteiger charge is 2.64. The van der Waals surface area contributed by atoms with E-state index in [2.05, 4.69) is 0 Å². The second kappa shape index (κ2) is 10.0. The third-order valence-corrected chi connectivity index (χ3v) is 10.9. The molecule has 0 radical (unpaired) electrons. The molecule has 0 heterocycles. The molecule has 2 fully saturated rings. The predicted octanol–water partition coefficient (Wildman–Crippen LogP) is 4.83. The SMILES string of the molecule is CC1(C)C2CCC1(CS(=O)(=O)[O-])C(=O)C2.Oc1cc(O)c([S+](c2ccccc2)c2ccccc2)c(O)c1. The molecule has 2 atom stereocenters. The Morgan fingerprint density at radius 2 is 1.41 bits per heavy atom. The molecule has 0 saturated heterocycles. The quantitative estimate of drug-likeness (QED) is 0.311. The summed E-state index contributed by atoms with van der Waals surface area (Å²) < 4.78 is 32.7. The van der Waals surface area contributed by atoms with Crippen LogP contribution in [0.2, 0.25) is 0 Å². The molecule has 2 saturated carbocycles. The number of carbonyl (C=O) groups is 1. The van der Waals surface area contributed by atoms with E-state index in [1.807, 2.05) is 74.5 Å². The fraction of sp³-hybridized carbons (Fsp3) is 0.321. The molecule has 9 heteroatoms. The largest absolute Gasteiger partial charge is 0.748 e. The summed E-state index contributed by atoms with van der Waals surface area (Å²) in [6.07, 6.45) is 1.88. The Bertz CT molecular complexity index is 1330. The molecule has 0 aromatic heterocycles. The van der Waals surface area contributed by atoms with Gasteiger partial charge in [0.2, 0.25) is 4.90 Å². The minimum absolute atomic E-state index is 0.0248. The Morgan fingerprint density at radius 1 is 0.919 bits per heavy atom. The van der Waals surface area contributed by atoms with E-state index in [1.165, 1.54) is 12.1 Å². The van der Waals surface area contributed by atoms with E-state index in [-0.39, 0.29) is 34.4 Å². The zero-order valence-corrected chi connectivity index (χ0v) is 22.3. The molecule has 3 N–H and O–H groups in total. The number of hydrogen-bond donors (Lipinski definition) is 3. The molecule has 196 valence electrons. The lowest BCUT2D eigenvalue weighted by Gasteiger charge is -2.37. The maximum Gasteiger partial charge on any atom is 0.249 e. The molecule has 0 aliphatic heterocycles. The first-order valence-electron chi connectivity index (χ1n) is 11.9. The topological polar surface area (TPSA) is 135 Å². The van der Waals surface area contributed by atoms with Crippen molar-refractivity contribution in [2.45, 2.75) is 47.8 Å². The second-order valence-electron chi connectivity index (χ2n) is 10.1. The molecule has 2 bridgehead atoms. The van der Waals surface area contributed by atoms with Crippen LogP contribution < -0.4 is 0 Å². The van der Waals surface area contributed by atoms with Crippen LogP contribution in [0.5, 0.6) is 17.2 Å². The number of Topliss-reactive ketones (excluding diaryl/α,β-unsaturated/α-hetero) is 1. The fourth-order valence-corrected chi connectivity index (χ4v) is 9.11. The molecule has 5 rings (SSSR count). The zero-order valence-electron chi connectivity index (χ0n) is 20.6. The van der Waals surface area contributed by atoms with Crippen molar-refractivity contribution in [1.29, 1.82) is 0 Å². The summed E-state index contributed by atoms with van der Waals surface area (Å²) in [7, 11) is -4.98. The van der Waals surface area contributed by atoms with E-state index < -0.39 is 32.2 Å². The van der Waals surface area contributed by atoms with E-state index >= 15 is 0 Å². The third kappa shape index (κ3) is 5.21. The highest BCUT2D eigenvalue weighted by atomic mass is 32.2. The van der Waals surface area contributed by atoms with Crippen molar-refractivity contribution in [3.05, 3.63) is 72.8 Å². The van der Waals surface area contributed by atoms with E-state index in [0.717, 1.165) is 16.2 Å². The summed E-state index contributed by atoms with van der Waals surface area (Å²) in [4.78, 5) is 14.2. The second-order valence-corrected chi connectivity index (χ2v) is 13.5. The summed E-state index contributed by atoms with van der Waals surface area (Å²) in [6.45, 7) is 3.83. The van der Waals surface area contributed by atoms with Gasteiger partial charge >= 0.3 is 0 Å². The molecule has 0 spiro atoms. The smallest absolute Gasteiger partial charge is 0.249 e. The first-order valence-corrected chi connectivity index (χ1v) is 14.7. The minimum atomic E-state index is -4.33. The van der Waals surface area contributed by atoms with E-state index in [4.69, 9.17) is 0 Å². The van der Waals surface area contributed by atoms with Gasteiger partial charge in [0.1, 0.15) is 22.4 Å². The van der Waals surface area contributed by atoms with Crippen LogP contribution in [0.25, 0.3) is 0 Å². The maximum atomic E-state index is 11.8. The molecule has 2 aliphatic rings. The van der Waals surface area contributed by atoms with Gasteiger partial charge in [-0.1, -0.05) is 50.2 Å². The van der Waals surface area contributed by atoms with Crippen molar-refractivity contribution >= 4 is 26.8 Å². The lowest BCUT2D eigenvalue weighted by molar-refractivity contribution is -0.128. The van der Waals surface area contributed by atoms with Crippen LogP contribution in [-0.4, -0.2) is 39.8 Å². The van der Waals surface area contributed by atoms with Crippen LogP contribution in [-0.2, 0) is 25.8 Å². The van der Waals surface area contributed by atoms with E-state index in [9.17, 15) is 33.1 Å². The van der Waals surface area contributed by atoms with Gasteiger partial charge in [0, 0.05) is 24.0 Å². The first-order chi connectivity index (χ1) is 17.4. The molecule has 3 aromatic rings. The maximum absolute atomic E-state index is 11.8. The molecule has 0 amide bonds. The summed E-state index contributed by atoms with van der Waals surface area (Å²) in [5, 5.41) is 30.0. The first kappa shape index (κ1) is 27.0. The van der Waals surface area contributed by atoms with E-state index in [0.29, 0.717) is 17.7 Å². The molecular weight excluding hydrogens is 512 g/mol. The lowest BCUT2D eigenvalue weighted by Crippen LogP contribution is -2.42. The number of phenols is 3. The van der Waals surface area contributed by atoms with Crippen molar-refractivity contribution in [1.82, 2.24) is 0 Å². The number of phenolic OH excluding ortho intramolecular Hbond substituents is 3. The van der Waals surface area contributed by atoms with Gasteiger partial charge in [0.15, 0.2) is 21.3 Å². The van der Waals surface area contributed by atoms with Crippen LogP contribution in [0.4, 0.5) is 0 Å². The summed E-state index contributed by atoms with van der Waals surface area (Å²) in [5.41, 5.74) is -1.22. The average Bonchev–Trinajstić information content (AvgIpc) is 3.16. The number of ketones is 1. The highest BCUT2D eigenvalue weighted by molar-refractivity contribution is 7.97. The van der Waals surface area contributed by atoms with Gasteiger partial charge in [0.25, 0.3) is 0 Å². The molecule has 3 aromatic carbocycles. The number of rotatable bonds is 5. The molecule has 37 heavy (non-hydrogen) atoms. The number of carbonyl (C=O) groups excluding carboxylic acids is 1. The monoisotopic (exact) mass is 542 g/mol. The van der Waals surface area contributed by atoms with Crippen LogP contribution in [0.15, 0.2) is 87.5 Å². The van der Waals surface area contributed by atoms with Gasteiger partial charge in [-0.2, -0.15) is 0 Å². The molecule has 2 unspecified atom stereocenters. The third-order valence-electron chi connectivity index (χ3n) is 7.76. The van der Waals surface area contributed by atoms with Gasteiger partial charge in [-0.25, -0.2) is 8.42 Å². The van der Waals surface area contributed by atoms with Gasteiger partial charge in [0.05, 0.1) is 15.9 Å². The van der Waals surface area contributed by atoms with Crippen LogP contribution in [0.1, 0.15) is 33.1 Å². The fourth-order valence-electron chi connectivity index (χ4n) is 5.69. The van der Waals surface area contributed by atoms with Crippen molar-refractivity contribution in [2.24, 2.45) is 16.7 Å². The minimum Gasteiger partial charge on any atom is -0.748 e. The number of aromatic hydroxyl groups is 3. The molecule has 7 nitrogen and oxygen atoms in total. The van der Waals surface area contributed by atoms with Crippen molar-refractivity contribution in [3.63, 3.8) is 0 Å². The standard InChI is InChI=1S/C18H14O3S.C10H16O4S/c19-13-11-16(20)18(17(21)12-13)22(14-7-3-1-4-8-14)15-9-5-2-6-10-15;1-9(2)7-3-4-10(9,8(11)5-7)6-15(12,13)14/h1-12H,(H2-,19,20,21);7H,3-6H2,1-2H3,(H,12,13,14). The van der Waals surface area contributed by atoms with Crippen molar-refractivity contribution in [2.75, 3.05) is 5.75 Å². The van der Waals surface area contributed by atoms with Crippen molar-refractivity contribution in [3.8, 4) is 17.2 Å². The Morgan fingerprint density at radius 3 is 1.78 bits per heavy atom. The summed E-state index contributed by atoms with van der Waals surface area (Å²) in [5.74, 6) is -0.678. The van der Waals surface area contributed by atoms with E-state index in [1.54, 1.807) is 0 Å². The zero-order chi connectivity index (χ0) is 27.0. The number of benzene rings is 3. The average molecular weight is 543 g/mol. The number of fused-ring (bicyclic) bond motifs is 2. The number of hydrogen-bond acceptors (Lipinski definition) is 7. The Hall–Kier alpha value is -3.01. The van der Waals surface area contributed by atoms with Crippen LogP contribution in [0.3, 0.4) is 0 Å². The van der Waals surface area contributed by atoms with Gasteiger partial charge in [-0.3, -0.25) is 4.79 Å². The van der Waals surface area contributed by atoms with Crippen LogP contribution in [0, 0.1) is 16.7 Å². The lowest BCUT2D eigenvalue weighted by atomic mass is 9.70. The summed E-state index contributed by atoms with van der Waals surface area (Å²) >= 11 is 0. The van der Waals surface area contributed by atoms with Crippen LogP contribution >= 0.6 is 0 Å². The predicted molar refractivity (Wildman–Crippen MR) is 140 cm³/mol.